The van der Waals surface area contributed by atoms with Gasteiger partial charge in [0.25, 0.3) is 11.8 Å². The van der Waals surface area contributed by atoms with Crippen molar-refractivity contribution in [2.75, 3.05) is 72.8 Å². The monoisotopic (exact) mass is 740 g/mol. The van der Waals surface area contributed by atoms with Crippen molar-refractivity contribution < 1.29 is 22.8 Å². The van der Waals surface area contributed by atoms with E-state index in [-0.39, 0.29) is 28.5 Å². The first-order valence-corrected chi connectivity index (χ1v) is 17.5. The highest BCUT2D eigenvalue weighted by atomic mass is 19.1. The lowest BCUT2D eigenvalue weighted by atomic mass is 10.1. The fourth-order valence-electron chi connectivity index (χ4n) is 6.45. The summed E-state index contributed by atoms with van der Waals surface area (Å²) in [6, 6.07) is 5.49. The molecule has 17 heteroatoms. The molecule has 8 rings (SSSR count). The Labute approximate surface area is 308 Å². The van der Waals surface area contributed by atoms with Crippen molar-refractivity contribution >= 4 is 46.1 Å². The molecule has 6 aromatic rings. The van der Waals surface area contributed by atoms with Crippen LogP contribution in [0.1, 0.15) is 37.7 Å². The Morgan fingerprint density at radius 1 is 0.648 bits per heavy atom. The van der Waals surface area contributed by atoms with Gasteiger partial charge in [-0.25, -0.2) is 33.1 Å². The Balaban J connectivity index is 0.000000167. The summed E-state index contributed by atoms with van der Waals surface area (Å²) in [6.07, 6.45) is 9.29. The fraction of sp³-hybridized carbons (Fsp3) is 0.297. The first-order valence-electron chi connectivity index (χ1n) is 17.5. The number of nitrogens with one attached hydrogen (secondary N) is 4. The number of aryl methyl sites for hydroxylation is 3. The molecule has 0 atom stereocenters. The second-order valence-electron chi connectivity index (χ2n) is 13.1. The number of carbonyl (C=O) groups is 2. The number of carbonyl (C=O) groups excluding carboxylic acids is 2. The van der Waals surface area contributed by atoms with Crippen LogP contribution in [0.15, 0.2) is 61.4 Å². The Morgan fingerprint density at radius 3 is 1.72 bits per heavy atom. The molecule has 280 valence electrons. The number of anilines is 4. The minimum atomic E-state index is -0.692. The van der Waals surface area contributed by atoms with Gasteiger partial charge in [0, 0.05) is 108 Å². The molecule has 0 aliphatic carbocycles. The minimum Gasteiger partial charge on any atom is -0.354 e. The number of halogens is 3. The van der Waals surface area contributed by atoms with Crippen molar-refractivity contribution in [3.63, 3.8) is 0 Å². The summed E-state index contributed by atoms with van der Waals surface area (Å²) >= 11 is 0. The van der Waals surface area contributed by atoms with Crippen molar-refractivity contribution in [2.24, 2.45) is 0 Å². The summed E-state index contributed by atoms with van der Waals surface area (Å²) in [4.78, 5) is 46.0. The van der Waals surface area contributed by atoms with Crippen LogP contribution < -0.4 is 31.1 Å². The average molecular weight is 741 g/mol. The maximum atomic E-state index is 14.5. The Morgan fingerprint density at radius 2 is 1.19 bits per heavy atom. The van der Waals surface area contributed by atoms with Crippen LogP contribution in [-0.2, 0) is 0 Å². The van der Waals surface area contributed by atoms with Crippen molar-refractivity contribution in [3.05, 3.63) is 107 Å². The molecule has 0 bridgehead atoms. The van der Waals surface area contributed by atoms with Crippen LogP contribution in [0.5, 0.6) is 0 Å². The number of nitrogens with zero attached hydrogens (tertiary/aromatic N) is 8. The van der Waals surface area contributed by atoms with E-state index in [9.17, 15) is 22.8 Å². The zero-order valence-electron chi connectivity index (χ0n) is 30.0. The van der Waals surface area contributed by atoms with Crippen LogP contribution in [0.4, 0.5) is 36.2 Å². The number of hydrogen-bond acceptors (Lipinski definition) is 10. The number of pyridine rings is 4. The van der Waals surface area contributed by atoms with Gasteiger partial charge in [-0.3, -0.25) is 9.59 Å². The van der Waals surface area contributed by atoms with Crippen LogP contribution in [0, 0.1) is 38.2 Å². The normalized spacial score (nSPS) is 14.6. The predicted molar refractivity (Wildman–Crippen MR) is 199 cm³/mol. The van der Waals surface area contributed by atoms with Crippen LogP contribution in [0.25, 0.3) is 11.3 Å². The lowest BCUT2D eigenvalue weighted by molar-refractivity contribution is 0.101. The standard InChI is InChI=1S/C19H21FN6O.C18H18F2N6O/c1-12-7-14(9-22-17(12)25-5-3-21-4-6-25)19(27)24-15-8-16(20)18-23-13(2)10-26(18)11-15;1-11-9-26-10-12(6-15(20)17(26)23-11)24-18(27)13-8-22-16(7-14(13)19)25-4-2-21-3-5-25/h7-11,21H,3-6H2,1-2H3,(H,24,27);6-10,21H,2-5H2,1H3,(H,24,27). The van der Waals surface area contributed by atoms with Gasteiger partial charge in [0.15, 0.2) is 22.9 Å². The number of piperazine rings is 2. The SMILES string of the molecule is Cc1cn2cc(NC(=O)c3cnc(N4CCNCC4)c(C)c3)cc(F)c2n1.Cc1cn2cc(NC(=O)c3cnc(N4CCNCC4)cc3F)cc(F)c2n1. The topological polar surface area (TPSA) is 149 Å². The summed E-state index contributed by atoms with van der Waals surface area (Å²) in [5.41, 5.74) is 3.51. The molecule has 2 amide bonds. The molecule has 54 heavy (non-hydrogen) atoms. The van der Waals surface area contributed by atoms with Gasteiger partial charge < -0.3 is 39.9 Å². The summed E-state index contributed by atoms with van der Waals surface area (Å²) in [5, 5.41) is 11.8. The maximum absolute atomic E-state index is 14.5. The van der Waals surface area contributed by atoms with E-state index in [2.05, 4.69) is 46.1 Å². The molecule has 0 saturated carbocycles. The van der Waals surface area contributed by atoms with Crippen molar-refractivity contribution in [1.82, 2.24) is 39.4 Å². The first kappa shape index (κ1) is 36.3. The van der Waals surface area contributed by atoms with E-state index in [1.807, 2.05) is 17.9 Å². The highest BCUT2D eigenvalue weighted by Gasteiger charge is 2.20. The van der Waals surface area contributed by atoms with Gasteiger partial charge >= 0.3 is 0 Å². The van der Waals surface area contributed by atoms with Crippen molar-refractivity contribution in [1.29, 1.82) is 0 Å². The first-order chi connectivity index (χ1) is 26.0. The van der Waals surface area contributed by atoms with Gasteiger partial charge in [0.1, 0.15) is 17.5 Å². The van der Waals surface area contributed by atoms with Gasteiger partial charge in [-0.05, 0) is 32.4 Å². The zero-order chi connectivity index (χ0) is 37.9. The third kappa shape index (κ3) is 7.96. The van der Waals surface area contributed by atoms with Gasteiger partial charge in [-0.1, -0.05) is 0 Å². The van der Waals surface area contributed by atoms with E-state index in [1.165, 1.54) is 28.9 Å². The van der Waals surface area contributed by atoms with E-state index >= 15 is 0 Å². The predicted octanol–water partition coefficient (Wildman–Crippen LogP) is 4.12. The largest absolute Gasteiger partial charge is 0.354 e. The summed E-state index contributed by atoms with van der Waals surface area (Å²) in [7, 11) is 0. The highest BCUT2D eigenvalue weighted by Crippen LogP contribution is 2.22. The molecule has 4 N–H and O–H groups in total. The number of hydrogen-bond donors (Lipinski definition) is 4. The van der Waals surface area contributed by atoms with Gasteiger partial charge in [-0.15, -0.1) is 0 Å². The molecule has 0 aromatic carbocycles. The average Bonchev–Trinajstić information content (AvgIpc) is 3.74. The van der Waals surface area contributed by atoms with Crippen molar-refractivity contribution in [3.8, 4) is 0 Å². The molecule has 0 spiro atoms. The van der Waals surface area contributed by atoms with Crippen LogP contribution in [0.2, 0.25) is 0 Å². The molecule has 2 fully saturated rings. The van der Waals surface area contributed by atoms with E-state index < -0.39 is 23.4 Å². The molecule has 2 aliphatic rings. The van der Waals surface area contributed by atoms with Crippen LogP contribution in [0.3, 0.4) is 0 Å². The summed E-state index contributed by atoms with van der Waals surface area (Å²) < 4.78 is 45.8. The Hall–Kier alpha value is -6.07. The van der Waals surface area contributed by atoms with Crippen LogP contribution in [-0.4, -0.2) is 92.9 Å². The smallest absolute Gasteiger partial charge is 0.260 e. The van der Waals surface area contributed by atoms with Crippen LogP contribution >= 0.6 is 0 Å². The van der Waals surface area contributed by atoms with Gasteiger partial charge in [0.2, 0.25) is 0 Å². The second kappa shape index (κ2) is 15.5. The number of aromatic nitrogens is 6. The number of imidazole rings is 2. The van der Waals surface area contributed by atoms with E-state index in [0.717, 1.165) is 69.8 Å². The molecule has 14 nitrogen and oxygen atoms in total. The highest BCUT2D eigenvalue weighted by molar-refractivity contribution is 6.05. The second-order valence-corrected chi connectivity index (χ2v) is 13.1. The molecule has 2 aliphatic heterocycles. The molecule has 2 saturated heterocycles. The van der Waals surface area contributed by atoms with E-state index in [1.54, 1.807) is 43.0 Å². The molecular weight excluding hydrogens is 701 g/mol. The Kier molecular flexibility index (Phi) is 10.4. The quantitative estimate of drug-likeness (QED) is 0.197. The number of rotatable bonds is 6. The summed E-state index contributed by atoms with van der Waals surface area (Å²) in [6.45, 7) is 12.2. The van der Waals surface area contributed by atoms with E-state index in [0.29, 0.717) is 28.5 Å². The van der Waals surface area contributed by atoms with Gasteiger partial charge in [0.05, 0.1) is 33.9 Å². The fourth-order valence-corrected chi connectivity index (χ4v) is 6.45. The minimum absolute atomic E-state index is 0.165. The maximum Gasteiger partial charge on any atom is 0.260 e. The number of fused-ring (bicyclic) bond motifs is 2. The summed E-state index contributed by atoms with van der Waals surface area (Å²) in [5.74, 6) is -1.36. The van der Waals surface area contributed by atoms with Crippen molar-refractivity contribution in [2.45, 2.75) is 20.8 Å². The molecule has 6 aromatic heterocycles. The van der Waals surface area contributed by atoms with E-state index in [4.69, 9.17) is 0 Å². The molecule has 0 radical (unpaired) electrons. The molecule has 8 heterocycles. The lowest BCUT2D eigenvalue weighted by Gasteiger charge is -2.29. The lowest BCUT2D eigenvalue weighted by Crippen LogP contribution is -2.44. The third-order valence-corrected chi connectivity index (χ3v) is 9.02. The molecular formula is C37H39F3N12O2. The van der Waals surface area contributed by atoms with Gasteiger partial charge in [-0.2, -0.15) is 0 Å². The zero-order valence-corrected chi connectivity index (χ0v) is 30.0. The third-order valence-electron chi connectivity index (χ3n) is 9.02. The molecule has 0 unspecified atom stereocenters. The number of amides is 2. The Bertz CT molecular complexity index is 2350.